The van der Waals surface area contributed by atoms with E-state index in [9.17, 15) is 23.1 Å². The summed E-state index contributed by atoms with van der Waals surface area (Å²) in [5.41, 5.74) is 0.311. The van der Waals surface area contributed by atoms with Crippen LogP contribution in [0.2, 0.25) is 10.0 Å². The molecule has 9 heteroatoms. The topological polar surface area (TPSA) is 61.7 Å². The van der Waals surface area contributed by atoms with Crippen LogP contribution >= 0.6 is 23.2 Å². The highest BCUT2D eigenvalue weighted by atomic mass is 35.5. The third-order valence-electron chi connectivity index (χ3n) is 2.95. The number of amides is 1. The lowest BCUT2D eigenvalue weighted by Gasteiger charge is -2.11. The molecule has 0 aromatic heterocycles. The Morgan fingerprint density at radius 1 is 1.12 bits per heavy atom. The molecule has 2 rings (SSSR count). The molecule has 24 heavy (non-hydrogen) atoms. The molecule has 0 radical (unpaired) electrons. The highest BCUT2D eigenvalue weighted by molar-refractivity contribution is 6.36. The Hall–Kier alpha value is -2.25. The summed E-state index contributed by atoms with van der Waals surface area (Å²) in [6.07, 6.45) is -3.69. The molecule has 0 atom stereocenters. The van der Waals surface area contributed by atoms with Crippen molar-refractivity contribution in [2.75, 3.05) is 0 Å². The van der Waals surface area contributed by atoms with E-state index in [-0.39, 0.29) is 21.4 Å². The molecule has 0 saturated heterocycles. The molecule has 2 N–H and O–H groups in total. The van der Waals surface area contributed by atoms with Crippen LogP contribution in [0.4, 0.5) is 13.2 Å². The third-order valence-corrected chi connectivity index (χ3v) is 3.59. The predicted molar refractivity (Wildman–Crippen MR) is 84.6 cm³/mol. The number of alkyl halides is 3. The van der Waals surface area contributed by atoms with E-state index in [1.165, 1.54) is 24.3 Å². The second-order valence-corrected chi connectivity index (χ2v) is 5.35. The summed E-state index contributed by atoms with van der Waals surface area (Å²) in [5.74, 6) is -1.42. The van der Waals surface area contributed by atoms with Crippen molar-refractivity contribution in [1.29, 1.82) is 0 Å². The van der Waals surface area contributed by atoms with Gasteiger partial charge in [-0.1, -0.05) is 35.3 Å². The number of hydrazone groups is 1. The van der Waals surface area contributed by atoms with E-state index < -0.39 is 23.2 Å². The highest BCUT2D eigenvalue weighted by Gasteiger charge is 2.34. The van der Waals surface area contributed by atoms with Gasteiger partial charge < -0.3 is 5.11 Å². The van der Waals surface area contributed by atoms with Gasteiger partial charge >= 0.3 is 6.18 Å². The SMILES string of the molecule is O=C(NN=Cc1c(Cl)ccc(Cl)c1O)c1ccccc1C(F)(F)F. The summed E-state index contributed by atoms with van der Waals surface area (Å²) in [6.45, 7) is 0. The summed E-state index contributed by atoms with van der Waals surface area (Å²) in [5, 5.41) is 13.4. The fourth-order valence-electron chi connectivity index (χ4n) is 1.82. The standard InChI is InChI=1S/C15H9Cl2F3N2O2/c16-11-5-6-12(17)13(23)9(11)7-21-22-14(24)8-3-1-2-4-10(8)15(18,19)20/h1-7,23H,(H,22,24). The monoisotopic (exact) mass is 376 g/mol. The molecule has 0 unspecified atom stereocenters. The molecule has 0 aliphatic heterocycles. The summed E-state index contributed by atoms with van der Waals surface area (Å²) >= 11 is 11.6. The normalized spacial score (nSPS) is 11.7. The van der Waals surface area contributed by atoms with Gasteiger partial charge in [0.1, 0.15) is 5.75 Å². The van der Waals surface area contributed by atoms with Crippen LogP contribution in [0.25, 0.3) is 0 Å². The van der Waals surface area contributed by atoms with Crippen molar-refractivity contribution >= 4 is 35.3 Å². The van der Waals surface area contributed by atoms with Gasteiger partial charge in [-0.3, -0.25) is 4.79 Å². The Bertz CT molecular complexity index is 808. The molecule has 1 amide bonds. The Kier molecular flexibility index (Phi) is 5.36. The van der Waals surface area contributed by atoms with Crippen LogP contribution in [0.5, 0.6) is 5.75 Å². The van der Waals surface area contributed by atoms with Crippen molar-refractivity contribution in [2.45, 2.75) is 6.18 Å². The minimum Gasteiger partial charge on any atom is -0.506 e. The summed E-state index contributed by atoms with van der Waals surface area (Å²) in [7, 11) is 0. The van der Waals surface area contributed by atoms with Crippen molar-refractivity contribution in [3.05, 3.63) is 63.1 Å². The number of hydrogen-bond acceptors (Lipinski definition) is 3. The molecule has 0 aliphatic carbocycles. The fourth-order valence-corrected chi connectivity index (χ4v) is 2.19. The van der Waals surface area contributed by atoms with Crippen LogP contribution in [-0.4, -0.2) is 17.2 Å². The minimum absolute atomic E-state index is 0.00888. The lowest BCUT2D eigenvalue weighted by molar-refractivity contribution is -0.137. The lowest BCUT2D eigenvalue weighted by Crippen LogP contribution is -2.22. The Balaban J connectivity index is 2.23. The molecule has 4 nitrogen and oxygen atoms in total. The van der Waals surface area contributed by atoms with E-state index in [4.69, 9.17) is 23.2 Å². The molecule has 0 bridgehead atoms. The van der Waals surface area contributed by atoms with Crippen LogP contribution in [-0.2, 0) is 6.18 Å². The van der Waals surface area contributed by atoms with Gasteiger partial charge in [0.2, 0.25) is 0 Å². The Morgan fingerprint density at radius 2 is 1.75 bits per heavy atom. The Labute approximate surface area is 144 Å². The second kappa shape index (κ2) is 7.11. The number of halogens is 5. The van der Waals surface area contributed by atoms with E-state index in [0.717, 1.165) is 18.3 Å². The number of phenolic OH excluding ortho intramolecular Hbond substituents is 1. The van der Waals surface area contributed by atoms with Crippen molar-refractivity contribution in [3.63, 3.8) is 0 Å². The molecular weight excluding hydrogens is 368 g/mol. The van der Waals surface area contributed by atoms with Gasteiger partial charge in [-0.15, -0.1) is 0 Å². The zero-order valence-electron chi connectivity index (χ0n) is 11.7. The second-order valence-electron chi connectivity index (χ2n) is 4.53. The van der Waals surface area contributed by atoms with Crippen molar-refractivity contribution in [3.8, 4) is 5.75 Å². The average Bonchev–Trinajstić information content (AvgIpc) is 2.53. The highest BCUT2D eigenvalue weighted by Crippen LogP contribution is 2.32. The van der Waals surface area contributed by atoms with Gasteiger partial charge in [0, 0.05) is 0 Å². The number of nitrogens with zero attached hydrogens (tertiary/aromatic N) is 1. The minimum atomic E-state index is -4.67. The number of phenols is 1. The fraction of sp³-hybridized carbons (Fsp3) is 0.0667. The molecular formula is C15H9Cl2F3N2O2. The van der Waals surface area contributed by atoms with Crippen LogP contribution in [0.1, 0.15) is 21.5 Å². The summed E-state index contributed by atoms with van der Waals surface area (Å²) in [4.78, 5) is 11.9. The van der Waals surface area contributed by atoms with Gasteiger partial charge in [0.15, 0.2) is 0 Å². The third kappa shape index (κ3) is 3.98. The first-order chi connectivity index (χ1) is 11.2. The first-order valence-electron chi connectivity index (χ1n) is 6.38. The van der Waals surface area contributed by atoms with Crippen LogP contribution < -0.4 is 5.43 Å². The maximum Gasteiger partial charge on any atom is 0.417 e. The molecule has 0 spiro atoms. The van der Waals surface area contributed by atoms with Crippen LogP contribution in [0.15, 0.2) is 41.5 Å². The summed E-state index contributed by atoms with van der Waals surface area (Å²) in [6, 6.07) is 7.04. The molecule has 0 aliphatic rings. The number of carbonyl (C=O) groups excluding carboxylic acids is 1. The van der Waals surface area contributed by atoms with E-state index in [1.54, 1.807) is 0 Å². The van der Waals surface area contributed by atoms with Gasteiger partial charge in [-0.05, 0) is 24.3 Å². The molecule has 0 heterocycles. The maximum absolute atomic E-state index is 12.9. The smallest absolute Gasteiger partial charge is 0.417 e. The van der Waals surface area contributed by atoms with E-state index in [1.807, 2.05) is 5.43 Å². The first-order valence-corrected chi connectivity index (χ1v) is 7.14. The molecule has 0 fully saturated rings. The number of carbonyl (C=O) groups is 1. The average molecular weight is 377 g/mol. The predicted octanol–water partition coefficient (Wildman–Crippen LogP) is 4.48. The van der Waals surface area contributed by atoms with Gasteiger partial charge in [0.25, 0.3) is 5.91 Å². The zero-order valence-corrected chi connectivity index (χ0v) is 13.2. The van der Waals surface area contributed by atoms with Crippen molar-refractivity contribution in [1.82, 2.24) is 5.43 Å². The lowest BCUT2D eigenvalue weighted by atomic mass is 10.1. The molecule has 2 aromatic carbocycles. The summed E-state index contributed by atoms with van der Waals surface area (Å²) < 4.78 is 38.6. The van der Waals surface area contributed by atoms with Crippen LogP contribution in [0.3, 0.4) is 0 Å². The van der Waals surface area contributed by atoms with Crippen molar-refractivity contribution < 1.29 is 23.1 Å². The number of hydrogen-bond donors (Lipinski definition) is 2. The Morgan fingerprint density at radius 3 is 2.42 bits per heavy atom. The van der Waals surface area contributed by atoms with Gasteiger partial charge in [-0.2, -0.15) is 18.3 Å². The quantitative estimate of drug-likeness (QED) is 0.612. The van der Waals surface area contributed by atoms with E-state index in [0.29, 0.717) is 0 Å². The number of rotatable bonds is 3. The number of aromatic hydroxyl groups is 1. The van der Waals surface area contributed by atoms with Gasteiger partial charge in [-0.25, -0.2) is 5.43 Å². The van der Waals surface area contributed by atoms with E-state index in [2.05, 4.69) is 5.10 Å². The van der Waals surface area contributed by atoms with E-state index >= 15 is 0 Å². The number of benzene rings is 2. The molecule has 126 valence electrons. The zero-order chi connectivity index (χ0) is 17.9. The molecule has 0 saturated carbocycles. The van der Waals surface area contributed by atoms with Gasteiger partial charge in [0.05, 0.1) is 33.0 Å². The van der Waals surface area contributed by atoms with Crippen molar-refractivity contribution in [2.24, 2.45) is 5.10 Å². The maximum atomic E-state index is 12.9. The van der Waals surface area contributed by atoms with Crippen LogP contribution in [0, 0.1) is 0 Å². The molecule has 2 aromatic rings. The largest absolute Gasteiger partial charge is 0.506 e. The first kappa shape index (κ1) is 18.1. The number of nitrogens with one attached hydrogen (secondary N) is 1.